The van der Waals surface area contributed by atoms with Gasteiger partial charge >= 0.3 is 0 Å². The van der Waals surface area contributed by atoms with Gasteiger partial charge < -0.3 is 5.73 Å². The molecule has 0 radical (unpaired) electrons. The van der Waals surface area contributed by atoms with Crippen LogP contribution in [-0.4, -0.2) is 8.75 Å². The molecule has 1 aromatic rings. The highest BCUT2D eigenvalue weighted by molar-refractivity contribution is 6.99. The molecule has 0 bridgehead atoms. The van der Waals surface area contributed by atoms with Crippen LogP contribution in [0.3, 0.4) is 0 Å². The van der Waals surface area contributed by atoms with Gasteiger partial charge in [-0.1, -0.05) is 19.3 Å². The zero-order valence-corrected chi connectivity index (χ0v) is 8.46. The average molecular weight is 197 g/mol. The van der Waals surface area contributed by atoms with Crippen molar-refractivity contribution < 1.29 is 0 Å². The van der Waals surface area contributed by atoms with Gasteiger partial charge in [0.05, 0.1) is 29.7 Å². The molecule has 2 rings (SSSR count). The van der Waals surface area contributed by atoms with Crippen molar-refractivity contribution in [3.8, 4) is 0 Å². The van der Waals surface area contributed by atoms with E-state index in [1.165, 1.54) is 43.8 Å². The summed E-state index contributed by atoms with van der Waals surface area (Å²) in [6.45, 7) is 0. The second-order valence-corrected chi connectivity index (χ2v) is 4.31. The smallest absolute Gasteiger partial charge is 0.0912 e. The molecule has 4 heteroatoms. The predicted molar refractivity (Wildman–Crippen MR) is 53.4 cm³/mol. The third-order valence-corrected chi connectivity index (χ3v) is 3.37. The van der Waals surface area contributed by atoms with Crippen molar-refractivity contribution in [1.29, 1.82) is 0 Å². The van der Waals surface area contributed by atoms with E-state index in [4.69, 9.17) is 5.73 Å². The molecule has 0 aliphatic heterocycles. The Labute approximate surface area is 82.7 Å². The maximum atomic E-state index is 6.12. The molecule has 1 atom stereocenters. The van der Waals surface area contributed by atoms with Crippen LogP contribution >= 0.6 is 11.7 Å². The van der Waals surface area contributed by atoms with Gasteiger partial charge in [0, 0.05) is 0 Å². The fraction of sp³-hybridized carbons (Fsp3) is 0.778. The molecular formula is C9H15N3S. The maximum Gasteiger partial charge on any atom is 0.0912 e. The summed E-state index contributed by atoms with van der Waals surface area (Å²) in [5, 5.41) is 0. The summed E-state index contributed by atoms with van der Waals surface area (Å²) < 4.78 is 8.19. The van der Waals surface area contributed by atoms with Gasteiger partial charge in [-0.05, 0) is 18.8 Å². The number of hydrogen-bond donors (Lipinski definition) is 1. The quantitative estimate of drug-likeness (QED) is 0.790. The molecule has 1 fully saturated rings. The van der Waals surface area contributed by atoms with Crippen LogP contribution in [0.5, 0.6) is 0 Å². The van der Waals surface area contributed by atoms with Crippen molar-refractivity contribution >= 4 is 11.7 Å². The molecule has 2 N–H and O–H groups in total. The van der Waals surface area contributed by atoms with Crippen LogP contribution < -0.4 is 5.73 Å². The average Bonchev–Trinajstić information content (AvgIpc) is 2.71. The van der Waals surface area contributed by atoms with Gasteiger partial charge in [0.25, 0.3) is 0 Å². The van der Waals surface area contributed by atoms with Gasteiger partial charge in [-0.15, -0.1) is 0 Å². The van der Waals surface area contributed by atoms with E-state index in [9.17, 15) is 0 Å². The summed E-state index contributed by atoms with van der Waals surface area (Å²) in [5.41, 5.74) is 7.10. The molecule has 1 aliphatic rings. The molecule has 1 heterocycles. The topological polar surface area (TPSA) is 51.8 Å². The van der Waals surface area contributed by atoms with E-state index in [0.717, 1.165) is 5.69 Å². The first-order valence-electron chi connectivity index (χ1n) is 4.91. The van der Waals surface area contributed by atoms with Crippen LogP contribution in [0.25, 0.3) is 0 Å². The number of nitrogens with two attached hydrogens (primary N) is 1. The highest BCUT2D eigenvalue weighted by atomic mass is 32.1. The first-order valence-corrected chi connectivity index (χ1v) is 5.64. The lowest BCUT2D eigenvalue weighted by molar-refractivity contribution is 0.305. The number of rotatable bonds is 2. The SMILES string of the molecule is NC(c1cnsn1)C1CCCCC1. The van der Waals surface area contributed by atoms with E-state index >= 15 is 0 Å². The molecular weight excluding hydrogens is 182 g/mol. The molecule has 1 aliphatic carbocycles. The first-order chi connectivity index (χ1) is 6.38. The van der Waals surface area contributed by atoms with E-state index < -0.39 is 0 Å². The fourth-order valence-electron chi connectivity index (χ4n) is 2.05. The minimum atomic E-state index is 0.124. The monoisotopic (exact) mass is 197 g/mol. The number of aromatic nitrogens is 2. The van der Waals surface area contributed by atoms with Crippen LogP contribution in [0, 0.1) is 5.92 Å². The lowest BCUT2D eigenvalue weighted by atomic mass is 9.83. The number of hydrogen-bond acceptors (Lipinski definition) is 4. The highest BCUT2D eigenvalue weighted by Crippen LogP contribution is 2.31. The van der Waals surface area contributed by atoms with Crippen LogP contribution in [0.15, 0.2) is 6.20 Å². The molecule has 0 spiro atoms. The van der Waals surface area contributed by atoms with E-state index in [-0.39, 0.29) is 6.04 Å². The van der Waals surface area contributed by atoms with Gasteiger partial charge in [0.1, 0.15) is 0 Å². The third kappa shape index (κ3) is 2.06. The van der Waals surface area contributed by atoms with Crippen molar-refractivity contribution in [1.82, 2.24) is 8.75 Å². The maximum absolute atomic E-state index is 6.12. The fourth-order valence-corrected chi connectivity index (χ4v) is 2.52. The summed E-state index contributed by atoms with van der Waals surface area (Å²) in [7, 11) is 0. The van der Waals surface area contributed by atoms with Crippen LogP contribution in [-0.2, 0) is 0 Å². The Kier molecular flexibility index (Phi) is 2.90. The molecule has 13 heavy (non-hydrogen) atoms. The zero-order valence-electron chi connectivity index (χ0n) is 7.65. The van der Waals surface area contributed by atoms with Crippen LogP contribution in [0.1, 0.15) is 43.8 Å². The molecule has 3 nitrogen and oxygen atoms in total. The Morgan fingerprint density at radius 1 is 1.38 bits per heavy atom. The second kappa shape index (κ2) is 4.15. The van der Waals surface area contributed by atoms with Crippen LogP contribution in [0.2, 0.25) is 0 Å². The molecule has 1 saturated carbocycles. The minimum Gasteiger partial charge on any atom is -0.322 e. The molecule has 72 valence electrons. The third-order valence-electron chi connectivity index (χ3n) is 2.88. The summed E-state index contributed by atoms with van der Waals surface area (Å²) in [4.78, 5) is 0. The van der Waals surface area contributed by atoms with Gasteiger partial charge in [-0.3, -0.25) is 0 Å². The molecule has 1 aromatic heterocycles. The first kappa shape index (κ1) is 9.09. The molecule has 0 saturated heterocycles. The molecule has 1 unspecified atom stereocenters. The largest absolute Gasteiger partial charge is 0.322 e. The predicted octanol–water partition coefficient (Wildman–Crippen LogP) is 2.12. The minimum absolute atomic E-state index is 0.124. The van der Waals surface area contributed by atoms with E-state index in [1.807, 2.05) is 6.20 Å². The van der Waals surface area contributed by atoms with Gasteiger partial charge in [0.2, 0.25) is 0 Å². The van der Waals surface area contributed by atoms with E-state index in [0.29, 0.717) is 5.92 Å². The Morgan fingerprint density at radius 3 is 2.77 bits per heavy atom. The summed E-state index contributed by atoms with van der Waals surface area (Å²) in [6.07, 6.45) is 8.37. The normalized spacial score (nSPS) is 21.6. The van der Waals surface area contributed by atoms with Crippen molar-refractivity contribution in [2.75, 3.05) is 0 Å². The molecule has 0 aromatic carbocycles. The summed E-state index contributed by atoms with van der Waals surface area (Å²) >= 11 is 1.25. The van der Waals surface area contributed by atoms with Gasteiger partial charge in [0.15, 0.2) is 0 Å². The number of nitrogens with zero attached hydrogens (tertiary/aromatic N) is 2. The van der Waals surface area contributed by atoms with Crippen molar-refractivity contribution in [3.05, 3.63) is 11.9 Å². The Bertz CT molecular complexity index is 241. The Morgan fingerprint density at radius 2 is 2.15 bits per heavy atom. The lowest BCUT2D eigenvalue weighted by Gasteiger charge is -2.25. The molecule has 0 amide bonds. The summed E-state index contributed by atoms with van der Waals surface area (Å²) in [6, 6.07) is 0.124. The zero-order chi connectivity index (χ0) is 9.10. The van der Waals surface area contributed by atoms with E-state index in [2.05, 4.69) is 8.75 Å². The van der Waals surface area contributed by atoms with E-state index in [1.54, 1.807) is 0 Å². The van der Waals surface area contributed by atoms with Gasteiger partial charge in [-0.2, -0.15) is 8.75 Å². The summed E-state index contributed by atoms with van der Waals surface area (Å²) in [5.74, 6) is 0.637. The van der Waals surface area contributed by atoms with Crippen LogP contribution in [0.4, 0.5) is 0 Å². The second-order valence-electron chi connectivity index (χ2n) is 3.76. The highest BCUT2D eigenvalue weighted by Gasteiger charge is 2.23. The Hall–Kier alpha value is -0.480. The van der Waals surface area contributed by atoms with Gasteiger partial charge in [-0.25, -0.2) is 0 Å². The standard InChI is InChI=1S/C9H15N3S/c10-9(8-6-11-13-12-8)7-4-2-1-3-5-7/h6-7,9H,1-5,10H2. The van der Waals surface area contributed by atoms with Crippen molar-refractivity contribution in [3.63, 3.8) is 0 Å². The lowest BCUT2D eigenvalue weighted by Crippen LogP contribution is -2.23. The van der Waals surface area contributed by atoms with Crippen molar-refractivity contribution in [2.24, 2.45) is 11.7 Å². The van der Waals surface area contributed by atoms with Crippen molar-refractivity contribution in [2.45, 2.75) is 38.1 Å². The Balaban J connectivity index is 1.99.